The van der Waals surface area contributed by atoms with Crippen LogP contribution in [0.15, 0.2) is 24.7 Å². The summed E-state index contributed by atoms with van der Waals surface area (Å²) in [5.74, 6) is -0.152. The maximum Gasteiger partial charge on any atom is 0.372 e. The lowest BCUT2D eigenvalue weighted by molar-refractivity contribution is -0.140. The van der Waals surface area contributed by atoms with Gasteiger partial charge in [-0.05, 0) is 12.5 Å². The Morgan fingerprint density at radius 3 is 2.69 bits per heavy atom. The largest absolute Gasteiger partial charge is 0.502 e. The molecule has 16 heavy (non-hydrogen) atoms. The number of allylic oxidation sites excluding steroid dienone is 1. The van der Waals surface area contributed by atoms with E-state index in [0.29, 0.717) is 19.6 Å². The lowest BCUT2D eigenvalue weighted by Gasteiger charge is -2.08. The molecule has 0 saturated carbocycles. The minimum absolute atomic E-state index is 0.281. The first-order chi connectivity index (χ1) is 7.76. The third-order valence-corrected chi connectivity index (χ3v) is 1.79. The summed E-state index contributed by atoms with van der Waals surface area (Å²) in [6, 6.07) is 0. The van der Waals surface area contributed by atoms with E-state index in [1.165, 1.54) is 13.4 Å². The van der Waals surface area contributed by atoms with Crippen LogP contribution in [0.2, 0.25) is 0 Å². The molecule has 0 aliphatic carbocycles. The number of unbranched alkanes of at least 4 members (excludes halogenated alkanes) is 1. The second kappa shape index (κ2) is 10.1. The average Bonchev–Trinajstić information content (AvgIpc) is 2.31. The van der Waals surface area contributed by atoms with Crippen molar-refractivity contribution in [3.05, 3.63) is 24.7 Å². The first-order valence-corrected chi connectivity index (χ1v) is 5.40. The fourth-order valence-electron chi connectivity index (χ4n) is 0.985. The molecule has 0 atom stereocenters. The molecule has 4 heteroatoms. The van der Waals surface area contributed by atoms with Gasteiger partial charge in [0.15, 0.2) is 0 Å². The van der Waals surface area contributed by atoms with Crippen LogP contribution in [-0.2, 0) is 19.0 Å². The molecule has 0 radical (unpaired) electrons. The topological polar surface area (TPSA) is 44.8 Å². The van der Waals surface area contributed by atoms with Gasteiger partial charge < -0.3 is 14.2 Å². The highest BCUT2D eigenvalue weighted by Crippen LogP contribution is 2.04. The molecule has 0 saturated heterocycles. The summed E-state index contributed by atoms with van der Waals surface area (Å²) in [4.78, 5) is 11.3. The van der Waals surface area contributed by atoms with Crippen LogP contribution in [0.5, 0.6) is 0 Å². The number of methoxy groups -OCH3 is 1. The molecule has 4 nitrogen and oxygen atoms in total. The molecule has 0 aliphatic heterocycles. The zero-order valence-corrected chi connectivity index (χ0v) is 10.0. The van der Waals surface area contributed by atoms with Crippen LogP contribution in [0, 0.1) is 0 Å². The van der Waals surface area contributed by atoms with E-state index in [0.717, 1.165) is 12.8 Å². The number of hydrogen-bond acceptors (Lipinski definition) is 4. The van der Waals surface area contributed by atoms with Crippen LogP contribution in [-0.4, -0.2) is 26.3 Å². The number of hydrogen-bond donors (Lipinski definition) is 0. The Morgan fingerprint density at radius 2 is 2.12 bits per heavy atom. The average molecular weight is 228 g/mol. The normalized spacial score (nSPS) is 10.8. The lowest BCUT2D eigenvalue weighted by Crippen LogP contribution is -2.10. The molecule has 0 aliphatic rings. The zero-order chi connectivity index (χ0) is 12.2. The molecule has 92 valence electrons. The van der Waals surface area contributed by atoms with Crippen LogP contribution in [0.25, 0.3) is 0 Å². The minimum Gasteiger partial charge on any atom is -0.502 e. The number of carbonyl (C=O) groups is 1. The van der Waals surface area contributed by atoms with Gasteiger partial charge in [0.1, 0.15) is 0 Å². The fourth-order valence-corrected chi connectivity index (χ4v) is 0.985. The quantitative estimate of drug-likeness (QED) is 0.263. The summed E-state index contributed by atoms with van der Waals surface area (Å²) in [6.07, 6.45) is 5.60. The van der Waals surface area contributed by atoms with Gasteiger partial charge in [-0.1, -0.05) is 19.9 Å². The van der Waals surface area contributed by atoms with E-state index in [2.05, 4.69) is 11.3 Å². The second-order valence-electron chi connectivity index (χ2n) is 3.09. The molecule has 0 rings (SSSR count). The van der Waals surface area contributed by atoms with Crippen molar-refractivity contribution in [3.63, 3.8) is 0 Å². The van der Waals surface area contributed by atoms with Gasteiger partial charge in [0, 0.05) is 6.42 Å². The van der Waals surface area contributed by atoms with E-state index >= 15 is 0 Å². The summed E-state index contributed by atoms with van der Waals surface area (Å²) < 4.78 is 14.9. The van der Waals surface area contributed by atoms with Crippen LogP contribution >= 0.6 is 0 Å². The standard InChI is InChI=1S/C12H20O4/c1-4-6-8-11(12(13)14-3)16-10-7-9-15-5-2/h5,8H,2,4,6-7,9-10H2,1,3H3. The molecule has 0 N–H and O–H groups in total. The van der Waals surface area contributed by atoms with Crippen molar-refractivity contribution in [2.45, 2.75) is 26.2 Å². The highest BCUT2D eigenvalue weighted by atomic mass is 16.6. The Balaban J connectivity index is 3.92. The van der Waals surface area contributed by atoms with Crippen molar-refractivity contribution in [1.82, 2.24) is 0 Å². The van der Waals surface area contributed by atoms with Gasteiger partial charge in [0.2, 0.25) is 5.76 Å². The highest BCUT2D eigenvalue weighted by molar-refractivity contribution is 5.86. The van der Waals surface area contributed by atoms with E-state index in [1.54, 1.807) is 6.08 Å². The first-order valence-electron chi connectivity index (χ1n) is 5.40. The summed E-state index contributed by atoms with van der Waals surface area (Å²) in [7, 11) is 1.34. The van der Waals surface area contributed by atoms with Crippen molar-refractivity contribution in [3.8, 4) is 0 Å². The molecule has 0 bridgehead atoms. The number of esters is 1. The molecule has 0 unspecified atom stereocenters. The summed E-state index contributed by atoms with van der Waals surface area (Å²) in [5.41, 5.74) is 0. The van der Waals surface area contributed by atoms with Gasteiger partial charge in [0.05, 0.1) is 26.6 Å². The Kier molecular flexibility index (Phi) is 9.17. The van der Waals surface area contributed by atoms with Gasteiger partial charge in [-0.25, -0.2) is 4.79 Å². The monoisotopic (exact) mass is 228 g/mol. The maximum absolute atomic E-state index is 11.3. The molecule has 0 aromatic heterocycles. The van der Waals surface area contributed by atoms with Gasteiger partial charge in [-0.3, -0.25) is 0 Å². The Labute approximate surface area is 96.9 Å². The molecule has 0 spiro atoms. The van der Waals surface area contributed by atoms with E-state index in [9.17, 15) is 4.79 Å². The number of ether oxygens (including phenoxy) is 3. The van der Waals surface area contributed by atoms with Crippen molar-refractivity contribution in [2.24, 2.45) is 0 Å². The first kappa shape index (κ1) is 14.6. The molecule has 0 aromatic rings. The van der Waals surface area contributed by atoms with Crippen LogP contribution in [0.4, 0.5) is 0 Å². The smallest absolute Gasteiger partial charge is 0.372 e. The summed E-state index contributed by atoms with van der Waals surface area (Å²) in [5, 5.41) is 0. The molecule has 0 amide bonds. The van der Waals surface area contributed by atoms with E-state index < -0.39 is 5.97 Å². The van der Waals surface area contributed by atoms with Crippen LogP contribution in [0.1, 0.15) is 26.2 Å². The fraction of sp³-hybridized carbons (Fsp3) is 0.583. The highest BCUT2D eigenvalue weighted by Gasteiger charge is 2.09. The predicted octanol–water partition coefficient (Wildman–Crippen LogP) is 2.41. The maximum atomic E-state index is 11.3. The number of carbonyl (C=O) groups excluding carboxylic acids is 1. The van der Waals surface area contributed by atoms with Gasteiger partial charge in [-0.15, -0.1) is 0 Å². The third kappa shape index (κ3) is 6.92. The Morgan fingerprint density at radius 1 is 1.38 bits per heavy atom. The van der Waals surface area contributed by atoms with Crippen LogP contribution < -0.4 is 0 Å². The van der Waals surface area contributed by atoms with Crippen molar-refractivity contribution < 1.29 is 19.0 Å². The Hall–Kier alpha value is -1.45. The summed E-state index contributed by atoms with van der Waals surface area (Å²) in [6.45, 7) is 6.42. The number of rotatable bonds is 9. The second-order valence-corrected chi connectivity index (χ2v) is 3.09. The molecule has 0 fully saturated rings. The van der Waals surface area contributed by atoms with E-state index in [4.69, 9.17) is 9.47 Å². The van der Waals surface area contributed by atoms with Crippen molar-refractivity contribution >= 4 is 5.97 Å². The van der Waals surface area contributed by atoms with Crippen molar-refractivity contribution in [2.75, 3.05) is 20.3 Å². The zero-order valence-electron chi connectivity index (χ0n) is 10.0. The van der Waals surface area contributed by atoms with E-state index in [-0.39, 0.29) is 5.76 Å². The predicted molar refractivity (Wildman–Crippen MR) is 61.7 cm³/mol. The molecular formula is C12H20O4. The van der Waals surface area contributed by atoms with Crippen LogP contribution in [0.3, 0.4) is 0 Å². The summed E-state index contributed by atoms with van der Waals surface area (Å²) >= 11 is 0. The van der Waals surface area contributed by atoms with E-state index in [1.807, 2.05) is 6.92 Å². The molecule has 0 aromatic carbocycles. The Bertz CT molecular complexity index is 233. The molecule has 0 heterocycles. The molecular weight excluding hydrogens is 208 g/mol. The van der Waals surface area contributed by atoms with Gasteiger partial charge in [-0.2, -0.15) is 0 Å². The lowest BCUT2D eigenvalue weighted by atomic mass is 10.3. The SMILES string of the molecule is C=COCCCOC(=CCCC)C(=O)OC. The minimum atomic E-state index is -0.432. The van der Waals surface area contributed by atoms with Gasteiger partial charge >= 0.3 is 5.97 Å². The van der Waals surface area contributed by atoms with Crippen molar-refractivity contribution in [1.29, 1.82) is 0 Å². The van der Waals surface area contributed by atoms with Gasteiger partial charge in [0.25, 0.3) is 0 Å². The third-order valence-electron chi connectivity index (χ3n) is 1.79.